The van der Waals surface area contributed by atoms with Crippen molar-refractivity contribution >= 4 is 22.4 Å². The maximum absolute atomic E-state index is 14.4. The van der Waals surface area contributed by atoms with E-state index in [2.05, 4.69) is 5.32 Å². The number of fused-ring (bicyclic) bond motifs is 2. The first-order chi connectivity index (χ1) is 12.5. The van der Waals surface area contributed by atoms with Crippen molar-refractivity contribution in [2.75, 3.05) is 32.9 Å². The van der Waals surface area contributed by atoms with E-state index in [9.17, 15) is 12.8 Å². The van der Waals surface area contributed by atoms with Crippen LogP contribution >= 0.6 is 12.4 Å². The molecule has 3 atom stereocenters. The Morgan fingerprint density at radius 2 is 2.04 bits per heavy atom. The highest BCUT2D eigenvalue weighted by Gasteiger charge is 2.35. The maximum Gasteiger partial charge on any atom is 0.243 e. The predicted octanol–water partition coefficient (Wildman–Crippen LogP) is 2.18. The van der Waals surface area contributed by atoms with Crippen molar-refractivity contribution in [3.63, 3.8) is 0 Å². The van der Waals surface area contributed by atoms with Gasteiger partial charge in [-0.2, -0.15) is 4.31 Å². The molecule has 3 fully saturated rings. The van der Waals surface area contributed by atoms with Crippen LogP contribution in [0.4, 0.5) is 4.39 Å². The molecule has 3 aliphatic rings. The minimum absolute atomic E-state index is 0. The molecule has 9 heteroatoms. The van der Waals surface area contributed by atoms with E-state index in [1.165, 1.54) is 16.4 Å². The first-order valence-corrected chi connectivity index (χ1v) is 10.7. The first-order valence-electron chi connectivity index (χ1n) is 9.28. The standard InChI is InChI=1S/C18H25FN2O4S.ClH/c19-17-9-16(3-4-18(17)25-12-13-6-8-24-11-13)26(22,23)21-7-5-14-1-2-15(10-21)20-14;/h3-4,9,13-15,20H,1-2,5-8,10-12H2;1H. The van der Waals surface area contributed by atoms with Gasteiger partial charge in [-0.1, -0.05) is 0 Å². The van der Waals surface area contributed by atoms with Gasteiger partial charge in [-0.3, -0.25) is 0 Å². The molecule has 0 aliphatic carbocycles. The third-order valence-electron chi connectivity index (χ3n) is 5.53. The lowest BCUT2D eigenvalue weighted by molar-refractivity contribution is 0.165. The quantitative estimate of drug-likeness (QED) is 0.790. The Bertz CT molecular complexity index is 758. The molecule has 0 radical (unpaired) electrons. The largest absolute Gasteiger partial charge is 0.490 e. The Labute approximate surface area is 165 Å². The molecule has 2 bridgehead atoms. The summed E-state index contributed by atoms with van der Waals surface area (Å²) >= 11 is 0. The van der Waals surface area contributed by atoms with E-state index in [-0.39, 0.29) is 35.0 Å². The van der Waals surface area contributed by atoms with Gasteiger partial charge >= 0.3 is 0 Å². The van der Waals surface area contributed by atoms with Gasteiger partial charge < -0.3 is 14.8 Å². The van der Waals surface area contributed by atoms with Crippen LogP contribution in [0.25, 0.3) is 0 Å². The molecule has 1 aromatic carbocycles. The molecule has 1 aromatic rings. The molecule has 3 saturated heterocycles. The van der Waals surface area contributed by atoms with Gasteiger partial charge in [0.1, 0.15) is 0 Å². The van der Waals surface area contributed by atoms with Crippen molar-refractivity contribution < 1.29 is 22.3 Å². The Balaban J connectivity index is 0.00000210. The molecule has 152 valence electrons. The number of benzene rings is 1. The van der Waals surface area contributed by atoms with Crippen LogP contribution in [0.3, 0.4) is 0 Å². The smallest absolute Gasteiger partial charge is 0.243 e. The van der Waals surface area contributed by atoms with E-state index in [4.69, 9.17) is 9.47 Å². The minimum atomic E-state index is -3.70. The monoisotopic (exact) mass is 420 g/mol. The summed E-state index contributed by atoms with van der Waals surface area (Å²) in [5.41, 5.74) is 0. The zero-order valence-electron chi connectivity index (χ0n) is 15.1. The summed E-state index contributed by atoms with van der Waals surface area (Å²) in [6.07, 6.45) is 3.79. The van der Waals surface area contributed by atoms with Gasteiger partial charge in [0.2, 0.25) is 10.0 Å². The van der Waals surface area contributed by atoms with Crippen LogP contribution in [-0.2, 0) is 14.8 Å². The van der Waals surface area contributed by atoms with Crippen LogP contribution in [0.2, 0.25) is 0 Å². The second kappa shape index (κ2) is 8.61. The van der Waals surface area contributed by atoms with Gasteiger partial charge in [-0.25, -0.2) is 12.8 Å². The topological polar surface area (TPSA) is 67.9 Å². The Kier molecular flexibility index (Phi) is 6.63. The fraction of sp³-hybridized carbons (Fsp3) is 0.667. The van der Waals surface area contributed by atoms with Crippen molar-refractivity contribution in [3.05, 3.63) is 24.0 Å². The summed E-state index contributed by atoms with van der Waals surface area (Å²) in [7, 11) is -3.70. The van der Waals surface area contributed by atoms with Crippen molar-refractivity contribution in [3.8, 4) is 5.75 Å². The van der Waals surface area contributed by atoms with E-state index >= 15 is 0 Å². The zero-order chi connectivity index (χ0) is 18.1. The Hall–Kier alpha value is -0.930. The highest BCUT2D eigenvalue weighted by atomic mass is 35.5. The lowest BCUT2D eigenvalue weighted by atomic mass is 10.1. The van der Waals surface area contributed by atoms with E-state index in [0.717, 1.165) is 31.7 Å². The Morgan fingerprint density at radius 1 is 1.22 bits per heavy atom. The normalized spacial score (nSPS) is 28.6. The molecular formula is C18H26ClFN2O4S. The molecule has 0 spiro atoms. The number of hydrogen-bond acceptors (Lipinski definition) is 5. The SMILES string of the molecule is Cl.O=S(=O)(c1ccc(OCC2CCOC2)c(F)c1)N1CCC2CCC(C1)N2. The summed E-state index contributed by atoms with van der Waals surface area (Å²) in [6.45, 7) is 2.63. The van der Waals surface area contributed by atoms with Gasteiger partial charge in [0.05, 0.1) is 18.1 Å². The number of rotatable bonds is 5. The van der Waals surface area contributed by atoms with E-state index in [1.807, 2.05) is 0 Å². The van der Waals surface area contributed by atoms with E-state index in [0.29, 0.717) is 39.0 Å². The molecule has 3 heterocycles. The fourth-order valence-corrected chi connectivity index (χ4v) is 5.47. The first kappa shape index (κ1) is 20.8. The molecule has 0 aromatic heterocycles. The number of halogens is 2. The molecular weight excluding hydrogens is 395 g/mol. The number of nitrogens with one attached hydrogen (secondary N) is 1. The lowest BCUT2D eigenvalue weighted by Crippen LogP contribution is -2.39. The molecule has 1 N–H and O–H groups in total. The number of nitrogens with zero attached hydrogens (tertiary/aromatic N) is 1. The van der Waals surface area contributed by atoms with Crippen molar-refractivity contribution in [1.29, 1.82) is 0 Å². The van der Waals surface area contributed by atoms with Crippen molar-refractivity contribution in [2.24, 2.45) is 5.92 Å². The number of hydrogen-bond donors (Lipinski definition) is 1. The van der Waals surface area contributed by atoms with Gasteiger partial charge in [0, 0.05) is 37.7 Å². The van der Waals surface area contributed by atoms with Crippen molar-refractivity contribution in [2.45, 2.75) is 42.7 Å². The van der Waals surface area contributed by atoms with Gasteiger partial charge in [0.25, 0.3) is 0 Å². The second-order valence-electron chi connectivity index (χ2n) is 7.42. The third kappa shape index (κ3) is 4.56. The van der Waals surface area contributed by atoms with Crippen LogP contribution in [0.15, 0.2) is 23.1 Å². The molecule has 3 aliphatic heterocycles. The molecule has 6 nitrogen and oxygen atoms in total. The number of sulfonamides is 1. The summed E-state index contributed by atoms with van der Waals surface area (Å²) < 4.78 is 52.5. The minimum Gasteiger partial charge on any atom is -0.490 e. The summed E-state index contributed by atoms with van der Waals surface area (Å²) in [5.74, 6) is -0.287. The van der Waals surface area contributed by atoms with Gasteiger partial charge in [-0.15, -0.1) is 12.4 Å². The van der Waals surface area contributed by atoms with E-state index in [1.54, 1.807) is 0 Å². The zero-order valence-corrected chi connectivity index (χ0v) is 16.7. The highest BCUT2D eigenvalue weighted by molar-refractivity contribution is 7.89. The van der Waals surface area contributed by atoms with Crippen molar-refractivity contribution in [1.82, 2.24) is 9.62 Å². The average molecular weight is 421 g/mol. The van der Waals surface area contributed by atoms with Crippen LogP contribution in [0, 0.1) is 11.7 Å². The second-order valence-corrected chi connectivity index (χ2v) is 9.36. The molecule has 4 rings (SSSR count). The molecule has 0 amide bonds. The van der Waals surface area contributed by atoms with Crippen LogP contribution in [0.5, 0.6) is 5.75 Å². The van der Waals surface area contributed by atoms with Gasteiger partial charge in [-0.05, 0) is 43.9 Å². The molecule has 0 saturated carbocycles. The third-order valence-corrected chi connectivity index (χ3v) is 7.39. The number of ether oxygens (including phenoxy) is 2. The van der Waals surface area contributed by atoms with Crippen LogP contribution in [-0.4, -0.2) is 57.7 Å². The lowest BCUT2D eigenvalue weighted by Gasteiger charge is -2.23. The van der Waals surface area contributed by atoms with Gasteiger partial charge in [0.15, 0.2) is 11.6 Å². The summed E-state index contributed by atoms with van der Waals surface area (Å²) in [4.78, 5) is -0.00989. The molecule has 27 heavy (non-hydrogen) atoms. The summed E-state index contributed by atoms with van der Waals surface area (Å²) in [5, 5.41) is 3.46. The maximum atomic E-state index is 14.4. The Morgan fingerprint density at radius 3 is 2.78 bits per heavy atom. The average Bonchev–Trinajstić information content (AvgIpc) is 3.22. The summed E-state index contributed by atoms with van der Waals surface area (Å²) in [6, 6.07) is 4.52. The highest BCUT2D eigenvalue weighted by Crippen LogP contribution is 2.28. The predicted molar refractivity (Wildman–Crippen MR) is 101 cm³/mol. The van der Waals surface area contributed by atoms with Crippen LogP contribution < -0.4 is 10.1 Å². The molecule has 3 unspecified atom stereocenters. The fourth-order valence-electron chi connectivity index (χ4n) is 3.96. The van der Waals surface area contributed by atoms with E-state index < -0.39 is 15.8 Å². The van der Waals surface area contributed by atoms with Crippen LogP contribution in [0.1, 0.15) is 25.7 Å².